The number of carbonyl (C=O) groups is 2. The van der Waals surface area contributed by atoms with Gasteiger partial charge in [0.1, 0.15) is 5.75 Å². The summed E-state index contributed by atoms with van der Waals surface area (Å²) in [5, 5.41) is 16.7. The molecule has 0 aromatic heterocycles. The summed E-state index contributed by atoms with van der Waals surface area (Å²) in [6.45, 7) is 1.76. The Labute approximate surface area is 168 Å². The second-order valence-corrected chi connectivity index (χ2v) is 6.44. The van der Waals surface area contributed by atoms with E-state index in [1.165, 1.54) is 12.1 Å². The molecule has 0 radical (unpaired) electrons. The smallest absolute Gasteiger partial charge is 0.275 e. The Bertz CT molecular complexity index is 1030. The lowest BCUT2D eigenvalue weighted by Crippen LogP contribution is -2.19. The third-order valence-corrected chi connectivity index (χ3v) is 4.27. The normalized spacial score (nSPS) is 11.0. The number of aromatic hydroxyl groups is 1. The van der Waals surface area contributed by atoms with E-state index in [0.717, 1.165) is 11.1 Å². The monoisotopic (exact) mass is 387 g/mol. The van der Waals surface area contributed by atoms with Crippen LogP contribution in [0.5, 0.6) is 5.75 Å². The van der Waals surface area contributed by atoms with Crippen molar-refractivity contribution in [2.45, 2.75) is 13.3 Å². The first-order valence-electron chi connectivity index (χ1n) is 9.10. The summed E-state index contributed by atoms with van der Waals surface area (Å²) in [6, 6.07) is 23.0. The molecule has 2 amide bonds. The number of carbonyl (C=O) groups excluding carboxylic acids is 2. The molecule has 0 saturated carbocycles. The van der Waals surface area contributed by atoms with Crippen molar-refractivity contribution < 1.29 is 14.7 Å². The fourth-order valence-corrected chi connectivity index (χ4v) is 2.71. The topological polar surface area (TPSA) is 90.8 Å². The van der Waals surface area contributed by atoms with Gasteiger partial charge in [-0.1, -0.05) is 54.6 Å². The number of amides is 2. The van der Waals surface area contributed by atoms with Crippen molar-refractivity contribution in [3.05, 3.63) is 95.6 Å². The van der Waals surface area contributed by atoms with Crippen molar-refractivity contribution in [1.82, 2.24) is 5.43 Å². The average molecular weight is 387 g/mol. The number of hydrazone groups is 1. The standard InChI is InChI=1S/C23H21N3O3/c1-16(25-26-23(29)20-9-5-6-10-21(20)27)18-11-13-19(14-12-18)24-22(28)15-17-7-3-2-4-8-17/h2-14,27H,15H2,1H3,(H,24,28)(H,26,29)/b25-16-. The lowest BCUT2D eigenvalue weighted by atomic mass is 10.1. The number of hydrogen-bond acceptors (Lipinski definition) is 4. The number of phenolic OH excluding ortho intramolecular Hbond substituents is 1. The maximum atomic E-state index is 12.1. The molecular weight excluding hydrogens is 366 g/mol. The van der Waals surface area contributed by atoms with Crippen molar-refractivity contribution in [3.8, 4) is 5.75 Å². The van der Waals surface area contributed by atoms with Crippen molar-refractivity contribution in [1.29, 1.82) is 0 Å². The van der Waals surface area contributed by atoms with Crippen molar-refractivity contribution >= 4 is 23.2 Å². The van der Waals surface area contributed by atoms with Crippen LogP contribution >= 0.6 is 0 Å². The first-order chi connectivity index (χ1) is 14.0. The van der Waals surface area contributed by atoms with Gasteiger partial charge in [-0.2, -0.15) is 5.10 Å². The minimum Gasteiger partial charge on any atom is -0.507 e. The highest BCUT2D eigenvalue weighted by Gasteiger charge is 2.09. The third kappa shape index (κ3) is 5.52. The molecule has 0 atom stereocenters. The van der Waals surface area contributed by atoms with E-state index in [9.17, 15) is 14.7 Å². The van der Waals surface area contributed by atoms with Gasteiger partial charge in [0.2, 0.25) is 5.91 Å². The van der Waals surface area contributed by atoms with Gasteiger partial charge < -0.3 is 10.4 Å². The molecule has 0 aliphatic heterocycles. The van der Waals surface area contributed by atoms with Crippen LogP contribution in [0.15, 0.2) is 84.0 Å². The summed E-state index contributed by atoms with van der Waals surface area (Å²) in [6.07, 6.45) is 0.307. The van der Waals surface area contributed by atoms with E-state index in [1.807, 2.05) is 42.5 Å². The molecule has 0 unspecified atom stereocenters. The molecule has 0 aliphatic rings. The maximum Gasteiger partial charge on any atom is 0.275 e. The van der Waals surface area contributed by atoms with Gasteiger partial charge in [-0.25, -0.2) is 5.43 Å². The van der Waals surface area contributed by atoms with E-state index in [-0.39, 0.29) is 17.2 Å². The molecule has 0 aliphatic carbocycles. The Morgan fingerprint density at radius 2 is 1.55 bits per heavy atom. The van der Waals surface area contributed by atoms with E-state index >= 15 is 0 Å². The lowest BCUT2D eigenvalue weighted by molar-refractivity contribution is -0.115. The van der Waals surface area contributed by atoms with Gasteiger partial charge in [-0.15, -0.1) is 0 Å². The second-order valence-electron chi connectivity index (χ2n) is 6.44. The quantitative estimate of drug-likeness (QED) is 0.445. The zero-order valence-corrected chi connectivity index (χ0v) is 15.9. The van der Waals surface area contributed by atoms with Gasteiger partial charge in [0.25, 0.3) is 5.91 Å². The van der Waals surface area contributed by atoms with E-state index in [1.54, 1.807) is 31.2 Å². The van der Waals surface area contributed by atoms with E-state index in [2.05, 4.69) is 15.8 Å². The summed E-state index contributed by atoms with van der Waals surface area (Å²) in [7, 11) is 0. The molecular formula is C23H21N3O3. The second kappa shape index (κ2) is 9.32. The summed E-state index contributed by atoms with van der Waals surface area (Å²) >= 11 is 0. The Kier molecular flexibility index (Phi) is 6.37. The first-order valence-corrected chi connectivity index (χ1v) is 9.10. The van der Waals surface area contributed by atoms with Crippen molar-refractivity contribution in [2.24, 2.45) is 5.10 Å². The minimum atomic E-state index is -0.493. The van der Waals surface area contributed by atoms with Crippen molar-refractivity contribution in [2.75, 3.05) is 5.32 Å². The number of benzene rings is 3. The average Bonchev–Trinajstić information content (AvgIpc) is 2.73. The van der Waals surface area contributed by atoms with Gasteiger partial charge in [0, 0.05) is 5.69 Å². The molecule has 6 heteroatoms. The lowest BCUT2D eigenvalue weighted by Gasteiger charge is -2.07. The SMILES string of the molecule is C/C(=N/NC(=O)c1ccccc1O)c1ccc(NC(=O)Cc2ccccc2)cc1. The van der Waals surface area contributed by atoms with E-state index < -0.39 is 5.91 Å². The minimum absolute atomic E-state index is 0.0933. The number of nitrogens with one attached hydrogen (secondary N) is 2. The van der Waals surface area contributed by atoms with Crippen LogP contribution in [-0.4, -0.2) is 22.6 Å². The van der Waals surface area contributed by atoms with Gasteiger partial charge >= 0.3 is 0 Å². The fraction of sp³-hybridized carbons (Fsp3) is 0.0870. The maximum absolute atomic E-state index is 12.1. The molecule has 0 spiro atoms. The first kappa shape index (κ1) is 19.8. The number of rotatable bonds is 6. The molecule has 146 valence electrons. The van der Waals surface area contributed by atoms with Crippen LogP contribution in [-0.2, 0) is 11.2 Å². The van der Waals surface area contributed by atoms with E-state index in [4.69, 9.17) is 0 Å². The van der Waals surface area contributed by atoms with E-state index in [0.29, 0.717) is 17.8 Å². The highest BCUT2D eigenvalue weighted by Crippen LogP contribution is 2.15. The number of para-hydroxylation sites is 1. The van der Waals surface area contributed by atoms with Gasteiger partial charge in [-0.3, -0.25) is 9.59 Å². The molecule has 3 rings (SSSR count). The summed E-state index contributed by atoms with van der Waals surface area (Å²) in [4.78, 5) is 24.2. The van der Waals surface area contributed by atoms with Crippen LogP contribution < -0.4 is 10.7 Å². The zero-order chi connectivity index (χ0) is 20.6. The number of hydrogen-bond donors (Lipinski definition) is 3. The number of nitrogens with zero attached hydrogens (tertiary/aromatic N) is 1. The Balaban J connectivity index is 1.59. The van der Waals surface area contributed by atoms with Crippen LogP contribution in [0.4, 0.5) is 5.69 Å². The third-order valence-electron chi connectivity index (χ3n) is 4.27. The fourth-order valence-electron chi connectivity index (χ4n) is 2.71. The van der Waals surface area contributed by atoms with Crippen LogP contribution in [0.25, 0.3) is 0 Å². The Morgan fingerprint density at radius 3 is 2.24 bits per heavy atom. The summed E-state index contributed by atoms with van der Waals surface area (Å²) in [5.74, 6) is -0.690. The Morgan fingerprint density at radius 1 is 0.897 bits per heavy atom. The van der Waals surface area contributed by atoms with Crippen molar-refractivity contribution in [3.63, 3.8) is 0 Å². The van der Waals surface area contributed by atoms with Gasteiger partial charge in [0.05, 0.1) is 17.7 Å². The van der Waals surface area contributed by atoms with Crippen LogP contribution in [0, 0.1) is 0 Å². The molecule has 3 aromatic carbocycles. The molecule has 3 N–H and O–H groups in total. The molecule has 6 nitrogen and oxygen atoms in total. The van der Waals surface area contributed by atoms with Gasteiger partial charge in [-0.05, 0) is 42.3 Å². The van der Waals surface area contributed by atoms with Gasteiger partial charge in [0.15, 0.2) is 0 Å². The number of anilines is 1. The van der Waals surface area contributed by atoms with Crippen LogP contribution in [0.1, 0.15) is 28.4 Å². The van der Waals surface area contributed by atoms with Crippen LogP contribution in [0.2, 0.25) is 0 Å². The molecule has 3 aromatic rings. The van der Waals surface area contributed by atoms with Crippen LogP contribution in [0.3, 0.4) is 0 Å². The largest absolute Gasteiger partial charge is 0.507 e. The predicted octanol–water partition coefficient (Wildman–Crippen LogP) is 3.73. The zero-order valence-electron chi connectivity index (χ0n) is 15.9. The number of phenols is 1. The Hall–Kier alpha value is -3.93. The predicted molar refractivity (Wildman–Crippen MR) is 113 cm³/mol. The molecule has 0 heterocycles. The molecule has 0 saturated heterocycles. The highest BCUT2D eigenvalue weighted by molar-refractivity contribution is 6.02. The summed E-state index contributed by atoms with van der Waals surface area (Å²) in [5.41, 5.74) is 5.60. The molecule has 0 bridgehead atoms. The molecule has 0 fully saturated rings. The molecule has 29 heavy (non-hydrogen) atoms. The highest BCUT2D eigenvalue weighted by atomic mass is 16.3. The summed E-state index contributed by atoms with van der Waals surface area (Å²) < 4.78 is 0.